The molecule has 0 aromatic carbocycles. The summed E-state index contributed by atoms with van der Waals surface area (Å²) in [6.07, 6.45) is 27.0. The Kier molecular flexibility index (Phi) is 29.0. The Morgan fingerprint density at radius 3 is 1.67 bits per heavy atom. The van der Waals surface area contributed by atoms with E-state index in [1.54, 1.807) is 0 Å². The maximum atomic E-state index is 12.6. The molecule has 0 amide bonds. The molecule has 0 spiro atoms. The van der Waals surface area contributed by atoms with E-state index >= 15 is 0 Å². The Bertz CT molecular complexity index is 814. The molecule has 0 fully saturated rings. The summed E-state index contributed by atoms with van der Waals surface area (Å²) in [5.74, 6) is -0.806. The van der Waals surface area contributed by atoms with E-state index in [4.69, 9.17) is 18.5 Å². The first kappa shape index (κ1) is 44.8. The van der Waals surface area contributed by atoms with E-state index in [1.807, 2.05) is 21.1 Å². The Labute approximate surface area is 282 Å². The highest BCUT2D eigenvalue weighted by Crippen LogP contribution is 2.43. The summed E-state index contributed by atoms with van der Waals surface area (Å²) in [7, 11) is 1.48. The summed E-state index contributed by atoms with van der Waals surface area (Å²) in [4.78, 5) is 35.0. The summed E-state index contributed by atoms with van der Waals surface area (Å²) in [6.45, 7) is 4.33. The van der Waals surface area contributed by atoms with Crippen LogP contribution >= 0.6 is 7.82 Å². The van der Waals surface area contributed by atoms with Crippen molar-refractivity contribution in [2.75, 3.05) is 47.5 Å². The van der Waals surface area contributed by atoms with Crippen molar-refractivity contribution in [3.05, 3.63) is 12.2 Å². The predicted molar refractivity (Wildman–Crippen MR) is 188 cm³/mol. The van der Waals surface area contributed by atoms with E-state index < -0.39 is 26.5 Å². The molecule has 46 heavy (non-hydrogen) atoms. The molecule has 0 aliphatic carbocycles. The third kappa shape index (κ3) is 32.7. The van der Waals surface area contributed by atoms with Gasteiger partial charge in [0.25, 0.3) is 0 Å². The maximum Gasteiger partial charge on any atom is 0.472 e. The smallest absolute Gasteiger partial charge is 0.462 e. The monoisotopic (exact) mass is 676 g/mol. The number of rotatable bonds is 33. The largest absolute Gasteiger partial charge is 0.472 e. The van der Waals surface area contributed by atoms with E-state index in [1.165, 1.54) is 83.5 Å². The van der Waals surface area contributed by atoms with Crippen molar-refractivity contribution in [3.63, 3.8) is 0 Å². The highest BCUT2D eigenvalue weighted by molar-refractivity contribution is 7.47. The molecule has 0 bridgehead atoms. The van der Waals surface area contributed by atoms with Crippen molar-refractivity contribution >= 4 is 19.8 Å². The number of hydrogen-bond donors (Lipinski definition) is 1. The lowest BCUT2D eigenvalue weighted by atomic mass is 10.1. The zero-order valence-electron chi connectivity index (χ0n) is 30.3. The molecular formula is C36H71NO8P+. The third-order valence-corrected chi connectivity index (χ3v) is 8.78. The molecule has 272 valence electrons. The summed E-state index contributed by atoms with van der Waals surface area (Å²) in [5, 5.41) is 0. The molecule has 1 unspecified atom stereocenters. The summed E-state index contributed by atoms with van der Waals surface area (Å²) in [5.41, 5.74) is 0. The lowest BCUT2D eigenvalue weighted by molar-refractivity contribution is -0.870. The first-order valence-electron chi connectivity index (χ1n) is 18.4. The molecule has 0 heterocycles. The standard InChI is InChI=1S/C36H70NO8P/c1-6-8-10-12-14-15-16-17-18-19-20-21-23-25-27-29-36(39)45-34(33-44-46(40,41)43-31-30-37(3,4)5)32-42-35(38)28-26-24-22-13-11-9-7-2/h12,14,34H,6-11,13,15-33H2,1-5H3/p+1/b14-12+/t34-/m1/s1. The summed E-state index contributed by atoms with van der Waals surface area (Å²) in [6, 6.07) is 0. The minimum absolute atomic E-state index is 0.0337. The normalized spacial score (nSPS) is 14.0. The average molecular weight is 677 g/mol. The maximum absolute atomic E-state index is 12.6. The molecule has 0 aromatic rings. The fourth-order valence-corrected chi connectivity index (χ4v) is 5.56. The van der Waals surface area contributed by atoms with Crippen LogP contribution in [0.15, 0.2) is 12.2 Å². The molecule has 0 rings (SSSR count). The quantitative estimate of drug-likeness (QED) is 0.0241. The van der Waals surface area contributed by atoms with Crippen molar-refractivity contribution in [1.82, 2.24) is 0 Å². The van der Waals surface area contributed by atoms with Gasteiger partial charge in [0, 0.05) is 12.8 Å². The molecule has 9 nitrogen and oxygen atoms in total. The second-order valence-corrected chi connectivity index (χ2v) is 15.1. The van der Waals surface area contributed by atoms with Gasteiger partial charge in [-0.1, -0.05) is 122 Å². The van der Waals surface area contributed by atoms with Gasteiger partial charge in [-0.2, -0.15) is 0 Å². The average Bonchev–Trinajstić information content (AvgIpc) is 2.99. The fraction of sp³-hybridized carbons (Fsp3) is 0.889. The van der Waals surface area contributed by atoms with Crippen LogP contribution in [-0.4, -0.2) is 74.9 Å². The van der Waals surface area contributed by atoms with Crippen molar-refractivity contribution in [2.45, 2.75) is 161 Å². The van der Waals surface area contributed by atoms with Crippen LogP contribution in [0.3, 0.4) is 0 Å². The fourth-order valence-electron chi connectivity index (χ4n) is 4.82. The van der Waals surface area contributed by atoms with Gasteiger partial charge in [-0.3, -0.25) is 18.6 Å². The molecule has 0 saturated heterocycles. The number of unbranched alkanes of at least 4 members (excludes halogenated alkanes) is 17. The Hall–Kier alpha value is -1.25. The van der Waals surface area contributed by atoms with Crippen molar-refractivity contribution in [2.24, 2.45) is 0 Å². The molecule has 0 saturated carbocycles. The first-order chi connectivity index (χ1) is 22.0. The first-order valence-corrected chi connectivity index (χ1v) is 19.9. The molecule has 0 aromatic heterocycles. The van der Waals surface area contributed by atoms with E-state index in [-0.39, 0.29) is 25.6 Å². The van der Waals surface area contributed by atoms with E-state index in [2.05, 4.69) is 26.0 Å². The van der Waals surface area contributed by atoms with Crippen LogP contribution in [0, 0.1) is 0 Å². The van der Waals surface area contributed by atoms with Gasteiger partial charge in [-0.15, -0.1) is 0 Å². The molecule has 0 aliphatic rings. The number of esters is 2. The lowest BCUT2D eigenvalue weighted by Crippen LogP contribution is -2.37. The van der Waals surface area contributed by atoms with Gasteiger partial charge >= 0.3 is 19.8 Å². The SMILES string of the molecule is CCCC/C=C/CCCCCCCCCCCC(=O)O[C@H](COC(=O)CCCCCCCCC)COP(=O)(O)OCC[N+](C)(C)C. The second kappa shape index (κ2) is 29.9. The van der Waals surface area contributed by atoms with E-state index in [0.29, 0.717) is 23.9 Å². The van der Waals surface area contributed by atoms with Crippen molar-refractivity contribution in [3.8, 4) is 0 Å². The number of allylic oxidation sites excluding steroid dienone is 2. The number of carbonyl (C=O) groups excluding carboxylic acids is 2. The van der Waals surface area contributed by atoms with Crippen molar-refractivity contribution < 1.29 is 42.1 Å². The topological polar surface area (TPSA) is 108 Å². The zero-order valence-corrected chi connectivity index (χ0v) is 31.2. The minimum Gasteiger partial charge on any atom is -0.462 e. The highest BCUT2D eigenvalue weighted by atomic mass is 31.2. The predicted octanol–water partition coefficient (Wildman–Crippen LogP) is 9.46. The molecule has 1 N–H and O–H groups in total. The number of likely N-dealkylation sites (N-methyl/N-ethyl adjacent to an activating group) is 1. The van der Waals surface area contributed by atoms with Gasteiger partial charge in [0.15, 0.2) is 6.10 Å². The minimum atomic E-state index is -4.36. The molecular weight excluding hydrogens is 605 g/mol. The van der Waals surface area contributed by atoms with Crippen LogP contribution in [0.4, 0.5) is 0 Å². The van der Waals surface area contributed by atoms with Gasteiger partial charge in [-0.05, 0) is 32.1 Å². The number of carbonyl (C=O) groups is 2. The Morgan fingerprint density at radius 2 is 1.13 bits per heavy atom. The van der Waals surface area contributed by atoms with Crippen LogP contribution in [0.1, 0.15) is 155 Å². The number of phosphoric ester groups is 1. The van der Waals surface area contributed by atoms with Crippen LogP contribution in [0.25, 0.3) is 0 Å². The number of phosphoric acid groups is 1. The van der Waals surface area contributed by atoms with Gasteiger partial charge in [0.05, 0.1) is 27.7 Å². The third-order valence-electron chi connectivity index (χ3n) is 7.80. The number of quaternary nitrogens is 1. The zero-order chi connectivity index (χ0) is 34.4. The lowest BCUT2D eigenvalue weighted by Gasteiger charge is -2.24. The molecule has 2 atom stereocenters. The van der Waals surface area contributed by atoms with Gasteiger partial charge < -0.3 is 18.9 Å². The van der Waals surface area contributed by atoms with Crippen LogP contribution in [-0.2, 0) is 32.7 Å². The Morgan fingerprint density at radius 1 is 0.652 bits per heavy atom. The molecule has 10 heteroatoms. The molecule has 0 aliphatic heterocycles. The number of nitrogens with zero attached hydrogens (tertiary/aromatic N) is 1. The van der Waals surface area contributed by atoms with Gasteiger partial charge in [-0.25, -0.2) is 4.57 Å². The van der Waals surface area contributed by atoms with Gasteiger partial charge in [0.2, 0.25) is 0 Å². The number of ether oxygens (including phenoxy) is 2. The second-order valence-electron chi connectivity index (χ2n) is 13.6. The van der Waals surface area contributed by atoms with E-state index in [9.17, 15) is 19.0 Å². The number of hydrogen-bond acceptors (Lipinski definition) is 7. The Balaban J connectivity index is 4.39. The van der Waals surface area contributed by atoms with Crippen LogP contribution < -0.4 is 0 Å². The molecule has 0 radical (unpaired) electrons. The van der Waals surface area contributed by atoms with Crippen LogP contribution in [0.2, 0.25) is 0 Å². The summed E-state index contributed by atoms with van der Waals surface area (Å²) >= 11 is 0. The van der Waals surface area contributed by atoms with Crippen LogP contribution in [0.5, 0.6) is 0 Å². The summed E-state index contributed by atoms with van der Waals surface area (Å²) < 4.78 is 34.0. The van der Waals surface area contributed by atoms with Crippen molar-refractivity contribution in [1.29, 1.82) is 0 Å². The highest BCUT2D eigenvalue weighted by Gasteiger charge is 2.27. The van der Waals surface area contributed by atoms with Gasteiger partial charge in [0.1, 0.15) is 19.8 Å². The van der Waals surface area contributed by atoms with E-state index in [0.717, 1.165) is 38.5 Å².